The number of halogens is 3. The highest BCUT2D eigenvalue weighted by molar-refractivity contribution is 5.85. The van der Waals surface area contributed by atoms with Crippen LogP contribution in [0.15, 0.2) is 30.3 Å². The Labute approximate surface area is 108 Å². The normalized spacial score (nSPS) is 13.7. The number of carboxylic acid groups (broad SMARTS) is 1. The molecule has 0 aliphatic rings. The van der Waals surface area contributed by atoms with Crippen molar-refractivity contribution in [2.45, 2.75) is 25.8 Å². The number of aliphatic carboxylic acids is 1. The lowest BCUT2D eigenvalue weighted by atomic mass is 10.1. The van der Waals surface area contributed by atoms with Gasteiger partial charge in [0.05, 0.1) is 6.61 Å². The number of hydrogen-bond acceptors (Lipinski definition) is 2. The first kappa shape index (κ1) is 15.2. The summed E-state index contributed by atoms with van der Waals surface area (Å²) >= 11 is 0. The van der Waals surface area contributed by atoms with E-state index < -0.39 is 18.2 Å². The molecule has 0 saturated heterocycles. The molecule has 104 valence electrons. The molecule has 3 nitrogen and oxygen atoms in total. The number of alkyl halides is 3. The Balaban J connectivity index is 2.65. The zero-order valence-corrected chi connectivity index (χ0v) is 10.1. The molecule has 1 unspecified atom stereocenters. The molecular weight excluding hydrogens is 261 g/mol. The molecule has 1 N–H and O–H groups in total. The first-order chi connectivity index (χ1) is 8.79. The summed E-state index contributed by atoms with van der Waals surface area (Å²) in [5, 5.41) is 8.47. The molecule has 0 amide bonds. The summed E-state index contributed by atoms with van der Waals surface area (Å²) in [5.41, 5.74) is 1.13. The van der Waals surface area contributed by atoms with Gasteiger partial charge in [-0.1, -0.05) is 18.2 Å². The van der Waals surface area contributed by atoms with E-state index in [1.807, 2.05) is 0 Å². The maximum absolute atomic E-state index is 12.2. The molecule has 19 heavy (non-hydrogen) atoms. The average molecular weight is 274 g/mol. The monoisotopic (exact) mass is 274 g/mol. The molecule has 0 saturated carbocycles. The molecule has 0 fully saturated rings. The summed E-state index contributed by atoms with van der Waals surface area (Å²) in [6, 6.07) is 6.46. The van der Waals surface area contributed by atoms with Gasteiger partial charge in [0.15, 0.2) is 6.10 Å². The lowest BCUT2D eigenvalue weighted by molar-refractivity contribution is -0.217. The van der Waals surface area contributed by atoms with Crippen molar-refractivity contribution in [2.75, 3.05) is 0 Å². The van der Waals surface area contributed by atoms with Gasteiger partial charge in [-0.15, -0.1) is 0 Å². The topological polar surface area (TPSA) is 46.5 Å². The van der Waals surface area contributed by atoms with Crippen LogP contribution in [0.3, 0.4) is 0 Å². The predicted molar refractivity (Wildman–Crippen MR) is 63.4 cm³/mol. The maximum atomic E-state index is 12.2. The first-order valence-electron chi connectivity index (χ1n) is 5.47. The first-order valence-corrected chi connectivity index (χ1v) is 5.47. The van der Waals surface area contributed by atoms with E-state index >= 15 is 0 Å². The third-order valence-corrected chi connectivity index (χ3v) is 2.33. The number of carbonyl (C=O) groups is 1. The highest BCUT2D eigenvalue weighted by Gasteiger charge is 2.36. The van der Waals surface area contributed by atoms with Gasteiger partial charge in [0.2, 0.25) is 0 Å². The molecule has 1 aromatic carbocycles. The van der Waals surface area contributed by atoms with Gasteiger partial charge in [0, 0.05) is 6.08 Å². The third kappa shape index (κ3) is 5.56. The van der Waals surface area contributed by atoms with Crippen molar-refractivity contribution >= 4 is 12.0 Å². The minimum absolute atomic E-state index is 0.185. The van der Waals surface area contributed by atoms with Crippen LogP contribution >= 0.6 is 0 Å². The lowest BCUT2D eigenvalue weighted by Gasteiger charge is -2.16. The van der Waals surface area contributed by atoms with Crippen molar-refractivity contribution in [3.05, 3.63) is 41.5 Å². The van der Waals surface area contributed by atoms with Crippen LogP contribution in [0.2, 0.25) is 0 Å². The van der Waals surface area contributed by atoms with E-state index in [-0.39, 0.29) is 6.61 Å². The van der Waals surface area contributed by atoms with Gasteiger partial charge in [-0.2, -0.15) is 13.2 Å². The molecule has 1 atom stereocenters. The van der Waals surface area contributed by atoms with Gasteiger partial charge >= 0.3 is 12.1 Å². The van der Waals surface area contributed by atoms with Gasteiger partial charge in [-0.05, 0) is 30.2 Å². The minimum atomic E-state index is -4.39. The van der Waals surface area contributed by atoms with Gasteiger partial charge in [-0.3, -0.25) is 0 Å². The maximum Gasteiger partial charge on any atom is 0.414 e. The fourth-order valence-corrected chi connectivity index (χ4v) is 1.27. The van der Waals surface area contributed by atoms with Crippen LogP contribution in [-0.4, -0.2) is 23.4 Å². The van der Waals surface area contributed by atoms with Crippen LogP contribution in [0.5, 0.6) is 0 Å². The molecular formula is C13H13F3O3. The summed E-state index contributed by atoms with van der Waals surface area (Å²) < 4.78 is 41.4. The molecule has 1 rings (SSSR count). The highest BCUT2D eigenvalue weighted by atomic mass is 19.4. The Bertz CT molecular complexity index is 466. The van der Waals surface area contributed by atoms with Crippen molar-refractivity contribution in [1.29, 1.82) is 0 Å². The zero-order chi connectivity index (χ0) is 14.5. The van der Waals surface area contributed by atoms with Crippen LogP contribution in [0.25, 0.3) is 6.08 Å². The summed E-state index contributed by atoms with van der Waals surface area (Å²) in [5.74, 6) is -1.09. The molecule has 1 aromatic rings. The van der Waals surface area contributed by atoms with Crippen molar-refractivity contribution in [1.82, 2.24) is 0 Å². The number of carboxylic acids is 1. The Morgan fingerprint density at radius 3 is 2.74 bits per heavy atom. The lowest BCUT2D eigenvalue weighted by Crippen LogP contribution is -2.28. The van der Waals surface area contributed by atoms with E-state index in [2.05, 4.69) is 0 Å². The van der Waals surface area contributed by atoms with E-state index in [0.29, 0.717) is 11.1 Å². The predicted octanol–water partition coefficient (Wildman–Crippen LogP) is 3.25. The molecule has 0 aliphatic carbocycles. The number of benzene rings is 1. The van der Waals surface area contributed by atoms with Crippen molar-refractivity contribution in [2.24, 2.45) is 0 Å². The molecule has 0 aromatic heterocycles. The summed E-state index contributed by atoms with van der Waals surface area (Å²) in [7, 11) is 0. The Morgan fingerprint density at radius 2 is 2.16 bits per heavy atom. The highest BCUT2D eigenvalue weighted by Crippen LogP contribution is 2.23. The van der Waals surface area contributed by atoms with Crippen molar-refractivity contribution in [3.63, 3.8) is 0 Å². The summed E-state index contributed by atoms with van der Waals surface area (Å²) in [6.45, 7) is 0.754. The van der Waals surface area contributed by atoms with E-state index in [0.717, 1.165) is 13.0 Å². The van der Waals surface area contributed by atoms with E-state index in [1.165, 1.54) is 6.08 Å². The summed E-state index contributed by atoms with van der Waals surface area (Å²) in [6.07, 6.45) is -3.91. The Kier molecular flexibility index (Phi) is 5.11. The zero-order valence-electron chi connectivity index (χ0n) is 10.1. The van der Waals surface area contributed by atoms with E-state index in [1.54, 1.807) is 24.3 Å². The molecule has 0 aliphatic heterocycles. The largest absolute Gasteiger partial charge is 0.478 e. The quantitative estimate of drug-likeness (QED) is 0.838. The van der Waals surface area contributed by atoms with Gasteiger partial charge < -0.3 is 9.84 Å². The summed E-state index contributed by atoms with van der Waals surface area (Å²) in [4.78, 5) is 10.3. The van der Waals surface area contributed by atoms with Gasteiger partial charge in [0.25, 0.3) is 0 Å². The van der Waals surface area contributed by atoms with Crippen LogP contribution in [-0.2, 0) is 16.1 Å². The van der Waals surface area contributed by atoms with Crippen molar-refractivity contribution in [3.8, 4) is 0 Å². The second kappa shape index (κ2) is 6.38. The second-order valence-electron chi connectivity index (χ2n) is 3.91. The smallest absolute Gasteiger partial charge is 0.414 e. The Hall–Kier alpha value is -1.82. The van der Waals surface area contributed by atoms with E-state index in [9.17, 15) is 18.0 Å². The van der Waals surface area contributed by atoms with Crippen LogP contribution in [0.1, 0.15) is 18.1 Å². The molecule has 0 radical (unpaired) electrons. The fourth-order valence-electron chi connectivity index (χ4n) is 1.27. The van der Waals surface area contributed by atoms with Gasteiger partial charge in [0.1, 0.15) is 0 Å². The molecule has 6 heteroatoms. The molecule has 0 bridgehead atoms. The fraction of sp³-hybridized carbons (Fsp3) is 0.308. The number of rotatable bonds is 5. The second-order valence-corrected chi connectivity index (χ2v) is 3.91. The van der Waals surface area contributed by atoms with E-state index in [4.69, 9.17) is 9.84 Å². The van der Waals surface area contributed by atoms with Crippen molar-refractivity contribution < 1.29 is 27.8 Å². The van der Waals surface area contributed by atoms with Crippen LogP contribution in [0, 0.1) is 0 Å². The molecule has 0 heterocycles. The molecule has 0 spiro atoms. The number of ether oxygens (including phenoxy) is 1. The standard InChI is InChI=1S/C13H13F3O3/c1-9(13(14,15)16)19-8-11-4-2-3-10(7-11)5-6-12(17)18/h2-7,9H,8H2,1H3,(H,17,18). The minimum Gasteiger partial charge on any atom is -0.478 e. The SMILES string of the molecule is CC(OCc1cccc(C=CC(=O)O)c1)C(F)(F)F. The average Bonchev–Trinajstić information content (AvgIpc) is 2.32. The van der Waals surface area contributed by atoms with Gasteiger partial charge in [-0.25, -0.2) is 4.79 Å². The van der Waals surface area contributed by atoms with Crippen LogP contribution in [0.4, 0.5) is 13.2 Å². The third-order valence-electron chi connectivity index (χ3n) is 2.33. The number of hydrogen-bond donors (Lipinski definition) is 1. The Morgan fingerprint density at radius 1 is 1.47 bits per heavy atom. The van der Waals surface area contributed by atoms with Crippen LogP contribution < -0.4 is 0 Å².